The monoisotopic (exact) mass is 466 g/mol. The van der Waals surface area contributed by atoms with Gasteiger partial charge >= 0.3 is 12.0 Å². The predicted octanol–water partition coefficient (Wildman–Crippen LogP) is 2.02. The number of aromatic nitrogens is 2. The van der Waals surface area contributed by atoms with Crippen LogP contribution in [0.3, 0.4) is 0 Å². The van der Waals surface area contributed by atoms with E-state index in [1.54, 1.807) is 0 Å². The summed E-state index contributed by atoms with van der Waals surface area (Å²) in [6, 6.07) is 6.67. The van der Waals surface area contributed by atoms with Gasteiger partial charge in [0, 0.05) is 25.0 Å². The number of alkyl halides is 2. The quantitative estimate of drug-likeness (QED) is 0.566. The smallest absolute Gasteiger partial charge is 0.410 e. The van der Waals surface area contributed by atoms with Crippen molar-refractivity contribution < 1.29 is 32.6 Å². The number of carbonyl (C=O) groups is 2. The van der Waals surface area contributed by atoms with Crippen molar-refractivity contribution in [2.75, 3.05) is 31.6 Å². The normalized spacial score (nSPS) is 18.5. The Hall–Kier alpha value is -3.79. The van der Waals surface area contributed by atoms with Crippen LogP contribution in [-0.2, 0) is 4.74 Å². The van der Waals surface area contributed by atoms with Crippen LogP contribution in [0.1, 0.15) is 22.8 Å². The van der Waals surface area contributed by atoms with Crippen LogP contribution >= 0.6 is 0 Å². The molecule has 2 heterocycles. The molecule has 2 atom stereocenters. The third-order valence-corrected chi connectivity index (χ3v) is 5.09. The zero-order valence-corrected chi connectivity index (χ0v) is 17.2. The lowest BCUT2D eigenvalue weighted by molar-refractivity contribution is -0.0943. The fourth-order valence-electron chi connectivity index (χ4n) is 3.32. The first-order chi connectivity index (χ1) is 15.6. The average Bonchev–Trinajstić information content (AvgIpc) is 3.22. The second kappa shape index (κ2) is 9.78. The number of likely N-dealkylation sites (tertiary alicyclic amines) is 1. The molecular weight excluding hydrogens is 445 g/mol. The predicted molar refractivity (Wildman–Crippen MR) is 108 cm³/mol. The molecule has 1 saturated heterocycles. The second-order valence-corrected chi connectivity index (χ2v) is 7.47. The number of hydrogen-bond donors (Lipinski definition) is 3. The molecule has 33 heavy (non-hydrogen) atoms. The molecule has 3 rings (SSSR count). The number of piperidine rings is 1. The fraction of sp³-hybridized carbons (Fsp3) is 0.400. The highest BCUT2D eigenvalue weighted by atomic mass is 19.3. The molecule has 2 unspecified atom stereocenters. The number of rotatable bonds is 7. The van der Waals surface area contributed by atoms with Gasteiger partial charge < -0.3 is 25.8 Å². The topological polar surface area (TPSA) is 146 Å². The Kier molecular flexibility index (Phi) is 7.07. The molecular formula is C20H21F3N6O4. The molecule has 1 aliphatic heterocycles. The molecule has 1 aromatic heterocycles. The third kappa shape index (κ3) is 5.72. The summed E-state index contributed by atoms with van der Waals surface area (Å²) in [7, 11) is 0. The Labute approximate surface area is 186 Å². The minimum absolute atomic E-state index is 0.00157. The lowest BCUT2D eigenvalue weighted by atomic mass is 9.93. The number of amides is 2. The number of aliphatic hydroxyl groups is 1. The van der Waals surface area contributed by atoms with Crippen molar-refractivity contribution in [3.05, 3.63) is 41.8 Å². The highest BCUT2D eigenvalue weighted by Gasteiger charge is 2.36. The molecule has 4 N–H and O–H groups in total. The largest absolute Gasteiger partial charge is 0.443 e. The first-order valence-electron chi connectivity index (χ1n) is 9.85. The number of anilines is 2. The van der Waals surface area contributed by atoms with Crippen LogP contribution in [0.2, 0.25) is 0 Å². The molecule has 2 aromatic rings. The maximum absolute atomic E-state index is 13.2. The number of carbonyl (C=O) groups excluding carboxylic acids is 2. The number of ether oxygens (including phenoxy) is 1. The van der Waals surface area contributed by atoms with Gasteiger partial charge in [-0.15, -0.1) is 0 Å². The minimum Gasteiger partial charge on any atom is -0.443 e. The fourth-order valence-corrected chi connectivity index (χ4v) is 3.32. The summed E-state index contributed by atoms with van der Waals surface area (Å²) < 4.78 is 45.4. The number of nitrogens with one attached hydrogen (secondary N) is 1. The van der Waals surface area contributed by atoms with Gasteiger partial charge in [0.15, 0.2) is 12.4 Å². The third-order valence-electron chi connectivity index (χ3n) is 5.09. The molecule has 0 spiro atoms. The second-order valence-electron chi connectivity index (χ2n) is 7.47. The molecule has 2 amide bonds. The van der Waals surface area contributed by atoms with Gasteiger partial charge in [0.25, 0.3) is 5.91 Å². The number of nitrogens with zero attached hydrogens (tertiary/aromatic N) is 4. The zero-order chi connectivity index (χ0) is 24.2. The molecule has 0 radical (unpaired) electrons. The lowest BCUT2D eigenvalue weighted by Crippen LogP contribution is -2.45. The summed E-state index contributed by atoms with van der Waals surface area (Å²) in [5, 5.41) is 25.3. The van der Waals surface area contributed by atoms with Gasteiger partial charge in [-0.3, -0.25) is 9.48 Å². The molecule has 13 heteroatoms. The van der Waals surface area contributed by atoms with Crippen molar-refractivity contribution in [3.63, 3.8) is 0 Å². The van der Waals surface area contributed by atoms with Gasteiger partial charge in [-0.1, -0.05) is 0 Å². The van der Waals surface area contributed by atoms with Crippen molar-refractivity contribution in [1.82, 2.24) is 14.7 Å². The maximum atomic E-state index is 13.2. The van der Waals surface area contributed by atoms with E-state index >= 15 is 0 Å². The summed E-state index contributed by atoms with van der Waals surface area (Å²) in [4.78, 5) is 25.3. The summed E-state index contributed by atoms with van der Waals surface area (Å²) in [5.74, 6) is -5.37. The molecule has 10 nitrogen and oxygen atoms in total. The number of nitriles is 1. The van der Waals surface area contributed by atoms with E-state index in [2.05, 4.69) is 21.2 Å². The first kappa shape index (κ1) is 23.9. The Morgan fingerprint density at radius 1 is 1.36 bits per heavy atom. The van der Waals surface area contributed by atoms with Crippen molar-refractivity contribution in [2.24, 2.45) is 11.7 Å². The van der Waals surface area contributed by atoms with E-state index in [1.165, 1.54) is 35.1 Å². The van der Waals surface area contributed by atoms with Crippen molar-refractivity contribution in [3.8, 4) is 6.07 Å². The van der Waals surface area contributed by atoms with E-state index in [-0.39, 0.29) is 30.9 Å². The highest BCUT2D eigenvalue weighted by molar-refractivity contribution is 5.98. The zero-order valence-electron chi connectivity index (χ0n) is 17.2. The first-order valence-corrected chi connectivity index (χ1v) is 9.85. The summed E-state index contributed by atoms with van der Waals surface area (Å²) >= 11 is 0. The molecule has 1 aromatic carbocycles. The Balaban J connectivity index is 1.81. The summed E-state index contributed by atoms with van der Waals surface area (Å²) in [6.45, 7) is -2.77. The maximum Gasteiger partial charge on any atom is 0.410 e. The van der Waals surface area contributed by atoms with Gasteiger partial charge in [-0.2, -0.15) is 10.4 Å². The number of halogens is 3. The van der Waals surface area contributed by atoms with E-state index in [1.807, 2.05) is 0 Å². The van der Waals surface area contributed by atoms with E-state index < -0.39 is 48.9 Å². The summed E-state index contributed by atoms with van der Waals surface area (Å²) in [5.41, 5.74) is 5.87. The van der Waals surface area contributed by atoms with Crippen LogP contribution in [0.25, 0.3) is 0 Å². The number of aliphatic hydroxyl groups excluding tert-OH is 1. The van der Waals surface area contributed by atoms with Crippen LogP contribution in [-0.4, -0.2) is 64.0 Å². The van der Waals surface area contributed by atoms with Crippen molar-refractivity contribution in [1.29, 1.82) is 5.26 Å². The molecule has 176 valence electrons. The average molecular weight is 466 g/mol. The molecule has 0 saturated carbocycles. The Morgan fingerprint density at radius 2 is 2.06 bits per heavy atom. The van der Waals surface area contributed by atoms with Crippen LogP contribution in [0, 0.1) is 23.1 Å². The van der Waals surface area contributed by atoms with Crippen molar-refractivity contribution >= 4 is 23.5 Å². The van der Waals surface area contributed by atoms with Gasteiger partial charge in [0.1, 0.15) is 18.0 Å². The van der Waals surface area contributed by atoms with E-state index in [0.29, 0.717) is 5.69 Å². The standard InChI is InChI=1S/C20H21F3N6O4/c21-13-1-3-14(4-2-13)26-18-15(17(25)31)8-29(27-18)16-9-28(6-5-12(16)7-24)19(32)33-11-20(22,23)10-30/h1-4,8,12,16,30H,5-6,9-11H2,(H2,25,31)(H,26,27). The number of primary amides is 1. The summed E-state index contributed by atoms with van der Waals surface area (Å²) in [6.07, 6.45) is 0.494. The number of nitrogens with two attached hydrogens (primary N) is 1. The molecule has 1 aliphatic rings. The van der Waals surface area contributed by atoms with Crippen molar-refractivity contribution in [2.45, 2.75) is 18.4 Å². The van der Waals surface area contributed by atoms with Crippen LogP contribution in [0.15, 0.2) is 30.5 Å². The molecule has 1 fully saturated rings. The Morgan fingerprint density at radius 3 is 2.67 bits per heavy atom. The van der Waals surface area contributed by atoms with Gasteiger partial charge in [0.05, 0.1) is 18.0 Å². The molecule has 0 aliphatic carbocycles. The lowest BCUT2D eigenvalue weighted by Gasteiger charge is -2.35. The van der Waals surface area contributed by atoms with Crippen LogP contribution in [0.5, 0.6) is 0 Å². The van der Waals surface area contributed by atoms with Crippen LogP contribution in [0.4, 0.5) is 29.5 Å². The van der Waals surface area contributed by atoms with Gasteiger partial charge in [-0.25, -0.2) is 18.0 Å². The highest BCUT2D eigenvalue weighted by Crippen LogP contribution is 2.30. The van der Waals surface area contributed by atoms with E-state index in [0.717, 1.165) is 4.90 Å². The number of benzene rings is 1. The van der Waals surface area contributed by atoms with Gasteiger partial charge in [-0.05, 0) is 30.7 Å². The van der Waals surface area contributed by atoms with Gasteiger partial charge in [0.2, 0.25) is 0 Å². The minimum atomic E-state index is -3.57. The Bertz CT molecular complexity index is 1050. The SMILES string of the molecule is N#CC1CCN(C(=O)OCC(F)(F)CO)CC1n1cc(C(N)=O)c(Nc2ccc(F)cc2)n1. The van der Waals surface area contributed by atoms with E-state index in [9.17, 15) is 28.0 Å². The number of hydrogen-bond acceptors (Lipinski definition) is 7. The van der Waals surface area contributed by atoms with Crippen LogP contribution < -0.4 is 11.1 Å². The molecule has 0 bridgehead atoms. The van der Waals surface area contributed by atoms with E-state index in [4.69, 9.17) is 10.8 Å².